The molecule has 1 saturated heterocycles. The van der Waals surface area contributed by atoms with Gasteiger partial charge in [0, 0.05) is 0 Å². The highest BCUT2D eigenvalue weighted by Crippen LogP contribution is 2.61. The molecular weight excluding hydrogens is 449 g/mol. The highest BCUT2D eigenvalue weighted by atomic mass is 28.4. The van der Waals surface area contributed by atoms with Crippen molar-refractivity contribution in [3.8, 4) is 0 Å². The first kappa shape index (κ1) is 23.7. The van der Waals surface area contributed by atoms with E-state index in [1.165, 1.54) is 15.6 Å². The van der Waals surface area contributed by atoms with Gasteiger partial charge in [-0.3, -0.25) is 0 Å². The summed E-state index contributed by atoms with van der Waals surface area (Å²) in [5, 5.41) is 4.43. The lowest BCUT2D eigenvalue weighted by Gasteiger charge is -2.49. The highest BCUT2D eigenvalue weighted by molar-refractivity contribution is 7.13. The van der Waals surface area contributed by atoms with Crippen LogP contribution in [0.4, 0.5) is 0 Å². The fourth-order valence-corrected chi connectivity index (χ4v) is 12.7. The fraction of sp³-hybridized carbons (Fsp3) is 0.400. The SMILES string of the molecule is C[C@@H]1C[C@@H](O[Si](C)(C)C(C)(C)C)[C@@]12O[C@@H]2[Si](c1ccccc1)(c1ccccc1)c1ccccc1. The normalized spacial score (nSPS) is 26.8. The number of benzene rings is 3. The fourth-order valence-electron chi connectivity index (χ4n) is 5.79. The maximum atomic E-state index is 7.06. The van der Waals surface area contributed by atoms with Gasteiger partial charge in [-0.15, -0.1) is 0 Å². The lowest BCUT2D eigenvalue weighted by Crippen LogP contribution is -2.74. The van der Waals surface area contributed by atoms with Gasteiger partial charge in [0.25, 0.3) is 0 Å². The number of hydrogen-bond donors (Lipinski definition) is 0. The molecule has 0 amide bonds. The Morgan fingerprint density at radius 2 is 1.18 bits per heavy atom. The maximum absolute atomic E-state index is 7.06. The minimum atomic E-state index is -2.49. The first-order valence-corrected chi connectivity index (χ1v) is 17.6. The minimum absolute atomic E-state index is 0.158. The molecule has 1 aliphatic carbocycles. The largest absolute Gasteiger partial charge is 0.411 e. The van der Waals surface area contributed by atoms with E-state index in [2.05, 4.69) is 132 Å². The van der Waals surface area contributed by atoms with Gasteiger partial charge in [0.1, 0.15) is 5.60 Å². The molecule has 0 N–H and O–H groups in total. The van der Waals surface area contributed by atoms with Crippen LogP contribution in [-0.4, -0.2) is 33.8 Å². The Balaban J connectivity index is 1.66. The van der Waals surface area contributed by atoms with Crippen molar-refractivity contribution in [3.05, 3.63) is 91.0 Å². The molecule has 0 unspecified atom stereocenters. The lowest BCUT2D eigenvalue weighted by atomic mass is 9.72. The summed E-state index contributed by atoms with van der Waals surface area (Å²) in [5.41, 5.74) is -0.0331. The van der Waals surface area contributed by atoms with Crippen molar-refractivity contribution in [1.29, 1.82) is 0 Å². The first-order valence-electron chi connectivity index (χ1n) is 12.7. The molecule has 2 nitrogen and oxygen atoms in total. The molecule has 0 radical (unpaired) electrons. The van der Waals surface area contributed by atoms with Crippen molar-refractivity contribution in [2.45, 2.75) is 69.7 Å². The van der Waals surface area contributed by atoms with E-state index in [9.17, 15) is 0 Å². The van der Waals surface area contributed by atoms with Gasteiger partial charge in [0.05, 0.1) is 11.8 Å². The Labute approximate surface area is 207 Å². The summed E-state index contributed by atoms with van der Waals surface area (Å²) >= 11 is 0. The van der Waals surface area contributed by atoms with Crippen molar-refractivity contribution in [1.82, 2.24) is 0 Å². The number of hydrogen-bond acceptors (Lipinski definition) is 2. The maximum Gasteiger partial charge on any atom is 0.192 e. The van der Waals surface area contributed by atoms with E-state index < -0.39 is 16.4 Å². The minimum Gasteiger partial charge on any atom is -0.411 e. The molecule has 2 fully saturated rings. The molecule has 3 aromatic rings. The Kier molecular flexibility index (Phi) is 5.80. The topological polar surface area (TPSA) is 21.8 Å². The molecule has 1 spiro atoms. The number of ether oxygens (including phenoxy) is 1. The van der Waals surface area contributed by atoms with Gasteiger partial charge >= 0.3 is 0 Å². The third-order valence-electron chi connectivity index (χ3n) is 8.84. The highest BCUT2D eigenvalue weighted by Gasteiger charge is 2.78. The summed E-state index contributed by atoms with van der Waals surface area (Å²) in [5.74, 6) is 0.496. The van der Waals surface area contributed by atoms with E-state index >= 15 is 0 Å². The molecule has 0 bridgehead atoms. The molecule has 0 aromatic heterocycles. The zero-order valence-electron chi connectivity index (χ0n) is 21.4. The Bertz CT molecular complexity index is 1030. The number of epoxide rings is 1. The Hall–Kier alpha value is -1.99. The van der Waals surface area contributed by atoms with Gasteiger partial charge in [-0.25, -0.2) is 0 Å². The predicted molar refractivity (Wildman–Crippen MR) is 147 cm³/mol. The van der Waals surface area contributed by atoms with Crippen LogP contribution in [0.2, 0.25) is 18.1 Å². The second-order valence-electron chi connectivity index (χ2n) is 11.8. The molecular formula is C30H38O2Si2. The third-order valence-corrected chi connectivity index (χ3v) is 18.4. The van der Waals surface area contributed by atoms with E-state index in [0.29, 0.717) is 5.92 Å². The molecule has 4 atom stereocenters. The zero-order valence-corrected chi connectivity index (χ0v) is 23.4. The second-order valence-corrected chi connectivity index (χ2v) is 20.4. The van der Waals surface area contributed by atoms with Crippen molar-refractivity contribution in [2.24, 2.45) is 5.92 Å². The Morgan fingerprint density at radius 1 is 0.765 bits per heavy atom. The number of rotatable bonds is 6. The van der Waals surface area contributed by atoms with Crippen LogP contribution in [0.25, 0.3) is 0 Å². The van der Waals surface area contributed by atoms with E-state index in [-0.39, 0.29) is 22.5 Å². The summed E-state index contributed by atoms with van der Waals surface area (Å²) in [6.07, 6.45) is 1.27. The van der Waals surface area contributed by atoms with Crippen LogP contribution in [0.1, 0.15) is 34.1 Å². The standard InChI is InChI=1S/C30H38O2Si2/c1-23-22-27(32-33(5,6)29(2,3)4)30(23)28(31-30)34(24-16-10-7-11-17-24,25-18-12-8-13-19-25)26-20-14-9-15-21-26/h7-21,23,27-28H,22H2,1-6H3/t23-,27-,28-,30+/m1/s1. The Morgan fingerprint density at radius 3 is 1.53 bits per heavy atom. The van der Waals surface area contributed by atoms with Gasteiger partial charge in [-0.2, -0.15) is 0 Å². The van der Waals surface area contributed by atoms with Crippen molar-refractivity contribution in [2.75, 3.05) is 0 Å². The third kappa shape index (κ3) is 3.50. The summed E-state index contributed by atoms with van der Waals surface area (Å²) in [7, 11) is -4.39. The molecule has 5 rings (SSSR count). The van der Waals surface area contributed by atoms with Crippen LogP contribution in [0.5, 0.6) is 0 Å². The lowest BCUT2D eigenvalue weighted by molar-refractivity contribution is -0.0414. The van der Waals surface area contributed by atoms with Crippen molar-refractivity contribution < 1.29 is 9.16 Å². The van der Waals surface area contributed by atoms with Crippen LogP contribution in [0.15, 0.2) is 91.0 Å². The van der Waals surface area contributed by atoms with Gasteiger partial charge in [-0.05, 0) is 46.0 Å². The molecule has 3 aromatic carbocycles. The van der Waals surface area contributed by atoms with E-state index in [1.54, 1.807) is 0 Å². The second kappa shape index (κ2) is 8.30. The van der Waals surface area contributed by atoms with Crippen molar-refractivity contribution >= 4 is 32.0 Å². The van der Waals surface area contributed by atoms with Gasteiger partial charge in [0.15, 0.2) is 16.4 Å². The smallest absolute Gasteiger partial charge is 0.192 e. The summed E-state index contributed by atoms with van der Waals surface area (Å²) in [4.78, 5) is 0. The molecule has 1 aliphatic heterocycles. The van der Waals surface area contributed by atoms with Crippen LogP contribution in [0, 0.1) is 5.92 Å². The monoisotopic (exact) mass is 486 g/mol. The quantitative estimate of drug-likeness (QED) is 0.269. The zero-order chi connectivity index (χ0) is 24.2. The average Bonchev–Trinajstić information content (AvgIpc) is 3.60. The summed E-state index contributed by atoms with van der Waals surface area (Å²) in [6, 6.07) is 33.5. The molecule has 4 heteroatoms. The van der Waals surface area contributed by atoms with Crippen LogP contribution in [-0.2, 0) is 9.16 Å². The van der Waals surface area contributed by atoms with E-state index in [0.717, 1.165) is 6.42 Å². The van der Waals surface area contributed by atoms with Gasteiger partial charge in [-0.1, -0.05) is 119 Å². The molecule has 2 aliphatic rings. The van der Waals surface area contributed by atoms with E-state index in [1.807, 2.05) is 0 Å². The van der Waals surface area contributed by atoms with Crippen LogP contribution >= 0.6 is 0 Å². The van der Waals surface area contributed by atoms with Gasteiger partial charge in [0.2, 0.25) is 0 Å². The summed E-state index contributed by atoms with van der Waals surface area (Å²) < 4.78 is 14.1. The van der Waals surface area contributed by atoms with Crippen molar-refractivity contribution in [3.63, 3.8) is 0 Å². The van der Waals surface area contributed by atoms with Crippen LogP contribution in [0.3, 0.4) is 0 Å². The molecule has 1 saturated carbocycles. The first-order chi connectivity index (χ1) is 16.1. The molecule has 178 valence electrons. The molecule has 1 heterocycles. The van der Waals surface area contributed by atoms with Gasteiger partial charge < -0.3 is 9.16 Å². The predicted octanol–water partition coefficient (Wildman–Crippen LogP) is 5.26. The molecule has 34 heavy (non-hydrogen) atoms. The summed E-state index contributed by atoms with van der Waals surface area (Å²) in [6.45, 7) is 14.1. The van der Waals surface area contributed by atoms with Crippen LogP contribution < -0.4 is 15.6 Å². The average molecular weight is 487 g/mol. The van der Waals surface area contributed by atoms with E-state index in [4.69, 9.17) is 9.16 Å².